The summed E-state index contributed by atoms with van der Waals surface area (Å²) in [6, 6.07) is 15.1. The van der Waals surface area contributed by atoms with Crippen LogP contribution >= 0.6 is 11.3 Å². The molecule has 1 aromatic heterocycles. The Morgan fingerprint density at radius 1 is 1.11 bits per heavy atom. The molecule has 0 fully saturated rings. The molecule has 3 aromatic rings. The zero-order valence-electron chi connectivity index (χ0n) is 20.7. The average molecular weight is 491 g/mol. The van der Waals surface area contributed by atoms with Crippen molar-refractivity contribution < 1.29 is 14.3 Å². The Labute approximate surface area is 208 Å². The summed E-state index contributed by atoms with van der Waals surface area (Å²) in [6.45, 7) is 10.5. The van der Waals surface area contributed by atoms with Gasteiger partial charge in [0, 0.05) is 5.56 Å². The first kappa shape index (κ1) is 24.7. The minimum atomic E-state index is -0.615. The maximum absolute atomic E-state index is 13.7. The van der Waals surface area contributed by atoms with Crippen LogP contribution in [-0.4, -0.2) is 23.8 Å². The number of para-hydroxylation sites is 1. The van der Waals surface area contributed by atoms with Crippen molar-refractivity contribution in [2.45, 2.75) is 46.6 Å². The van der Waals surface area contributed by atoms with Crippen molar-refractivity contribution in [2.24, 2.45) is 4.99 Å². The van der Waals surface area contributed by atoms with E-state index in [9.17, 15) is 9.59 Å². The van der Waals surface area contributed by atoms with Crippen LogP contribution in [0.5, 0.6) is 5.75 Å². The zero-order chi connectivity index (χ0) is 25.1. The summed E-state index contributed by atoms with van der Waals surface area (Å²) >= 11 is 1.31. The molecule has 1 aliphatic rings. The average Bonchev–Trinajstić information content (AvgIpc) is 3.14. The minimum absolute atomic E-state index is 0.202. The van der Waals surface area contributed by atoms with Gasteiger partial charge < -0.3 is 9.47 Å². The number of aromatic nitrogens is 1. The summed E-state index contributed by atoms with van der Waals surface area (Å²) in [5.74, 6) is 0.631. The molecule has 0 bridgehead atoms. The molecule has 182 valence electrons. The molecule has 1 aliphatic heterocycles. The van der Waals surface area contributed by atoms with Crippen molar-refractivity contribution in [2.75, 3.05) is 13.2 Å². The van der Waals surface area contributed by atoms with Gasteiger partial charge in [-0.1, -0.05) is 67.6 Å². The molecule has 0 unspecified atom stereocenters. The topological polar surface area (TPSA) is 69.9 Å². The highest BCUT2D eigenvalue weighted by Gasteiger charge is 2.33. The van der Waals surface area contributed by atoms with Crippen molar-refractivity contribution >= 4 is 23.4 Å². The Hall–Kier alpha value is -3.45. The lowest BCUT2D eigenvalue weighted by Gasteiger charge is -2.25. The number of carbonyl (C=O) groups is 1. The molecular weight excluding hydrogens is 460 g/mol. The van der Waals surface area contributed by atoms with Gasteiger partial charge in [0.2, 0.25) is 0 Å². The number of esters is 1. The lowest BCUT2D eigenvalue weighted by atomic mass is 9.93. The molecule has 0 spiro atoms. The summed E-state index contributed by atoms with van der Waals surface area (Å²) in [4.78, 5) is 32.0. The second-order valence-corrected chi connectivity index (χ2v) is 9.60. The molecule has 35 heavy (non-hydrogen) atoms. The number of allylic oxidation sites excluding steroid dienone is 1. The van der Waals surface area contributed by atoms with Crippen molar-refractivity contribution in [1.29, 1.82) is 0 Å². The van der Waals surface area contributed by atoms with E-state index in [4.69, 9.17) is 9.47 Å². The van der Waals surface area contributed by atoms with Gasteiger partial charge in [-0.2, -0.15) is 0 Å². The molecule has 0 radical (unpaired) electrons. The van der Waals surface area contributed by atoms with E-state index in [0.29, 0.717) is 38.9 Å². The highest BCUT2D eigenvalue weighted by molar-refractivity contribution is 7.07. The quantitative estimate of drug-likeness (QED) is 0.463. The maximum Gasteiger partial charge on any atom is 0.338 e. The Balaban J connectivity index is 1.93. The summed E-state index contributed by atoms with van der Waals surface area (Å²) in [5.41, 5.74) is 3.59. The lowest BCUT2D eigenvalue weighted by Crippen LogP contribution is -2.39. The van der Waals surface area contributed by atoms with E-state index in [2.05, 4.69) is 18.8 Å². The summed E-state index contributed by atoms with van der Waals surface area (Å²) < 4.78 is 13.2. The third-order valence-electron chi connectivity index (χ3n) is 5.94. The van der Waals surface area contributed by atoms with Gasteiger partial charge in [-0.3, -0.25) is 9.36 Å². The van der Waals surface area contributed by atoms with E-state index < -0.39 is 12.0 Å². The molecule has 0 N–H and O–H groups in total. The zero-order valence-corrected chi connectivity index (χ0v) is 21.5. The van der Waals surface area contributed by atoms with E-state index in [1.807, 2.05) is 61.5 Å². The fraction of sp³-hybridized carbons (Fsp3) is 0.321. The molecule has 0 saturated heterocycles. The summed E-state index contributed by atoms with van der Waals surface area (Å²) in [6.07, 6.45) is 1.83. The number of hydrogen-bond donors (Lipinski definition) is 0. The van der Waals surface area contributed by atoms with Gasteiger partial charge in [0.15, 0.2) is 4.80 Å². The highest BCUT2D eigenvalue weighted by Crippen LogP contribution is 2.31. The lowest BCUT2D eigenvalue weighted by molar-refractivity contribution is -0.139. The smallest absolute Gasteiger partial charge is 0.338 e. The van der Waals surface area contributed by atoms with Gasteiger partial charge in [0.1, 0.15) is 5.75 Å². The molecule has 7 heteroatoms. The molecular formula is C28H30N2O4S. The molecule has 0 aliphatic carbocycles. The van der Waals surface area contributed by atoms with Crippen molar-refractivity contribution in [3.63, 3.8) is 0 Å². The van der Waals surface area contributed by atoms with Crippen LogP contribution in [0, 0.1) is 0 Å². The Morgan fingerprint density at radius 3 is 2.49 bits per heavy atom. The fourth-order valence-electron chi connectivity index (χ4n) is 4.20. The second-order valence-electron chi connectivity index (χ2n) is 8.59. The Morgan fingerprint density at radius 2 is 1.83 bits per heavy atom. The third kappa shape index (κ3) is 4.86. The van der Waals surface area contributed by atoms with Crippen molar-refractivity contribution in [1.82, 2.24) is 4.57 Å². The summed E-state index contributed by atoms with van der Waals surface area (Å²) in [7, 11) is 0. The predicted molar refractivity (Wildman–Crippen MR) is 139 cm³/mol. The number of hydrogen-bond acceptors (Lipinski definition) is 6. The SMILES string of the molecule is CCOC(=O)C1=C(C)N=c2s/c(=C\c3ccccc3OCC)c(=O)n2[C@H]1c1ccc(C(C)C)cc1. The molecule has 2 aromatic carbocycles. The van der Waals surface area contributed by atoms with Crippen LogP contribution in [0.4, 0.5) is 0 Å². The number of rotatable bonds is 7. The van der Waals surface area contributed by atoms with Crippen LogP contribution in [0.15, 0.2) is 69.6 Å². The maximum atomic E-state index is 13.7. The third-order valence-corrected chi connectivity index (χ3v) is 6.92. The van der Waals surface area contributed by atoms with Crippen molar-refractivity contribution in [3.05, 3.63) is 96.2 Å². The highest BCUT2D eigenvalue weighted by atomic mass is 32.1. The first-order valence-corrected chi connectivity index (χ1v) is 12.7. The number of thiazole rings is 1. The first-order chi connectivity index (χ1) is 16.8. The van der Waals surface area contributed by atoms with Gasteiger partial charge >= 0.3 is 5.97 Å². The van der Waals surface area contributed by atoms with E-state index >= 15 is 0 Å². The molecule has 4 rings (SSSR count). The largest absolute Gasteiger partial charge is 0.493 e. The van der Waals surface area contributed by atoms with E-state index in [1.165, 1.54) is 16.9 Å². The monoisotopic (exact) mass is 490 g/mol. The fourth-order valence-corrected chi connectivity index (χ4v) is 5.24. The number of benzene rings is 2. The van der Waals surface area contributed by atoms with E-state index in [1.54, 1.807) is 18.4 Å². The first-order valence-electron chi connectivity index (χ1n) is 11.9. The van der Waals surface area contributed by atoms with E-state index in [0.717, 1.165) is 11.1 Å². The van der Waals surface area contributed by atoms with Crippen LogP contribution in [-0.2, 0) is 9.53 Å². The van der Waals surface area contributed by atoms with Gasteiger partial charge in [-0.15, -0.1) is 0 Å². The van der Waals surface area contributed by atoms with Gasteiger partial charge in [-0.05, 0) is 50.0 Å². The van der Waals surface area contributed by atoms with Gasteiger partial charge in [0.05, 0.1) is 35.1 Å². The molecule has 0 amide bonds. The van der Waals surface area contributed by atoms with Gasteiger partial charge in [0.25, 0.3) is 5.56 Å². The standard InChI is InChI=1S/C28H30N2O4S/c1-6-33-22-11-9-8-10-21(22)16-23-26(31)30-25(20-14-12-19(13-15-20)17(3)4)24(27(32)34-7-2)18(5)29-28(30)35-23/h8-17,25H,6-7H2,1-5H3/b23-16-/t25-/m0/s1. The molecule has 6 nitrogen and oxygen atoms in total. The number of carbonyl (C=O) groups excluding carboxylic acids is 1. The van der Waals surface area contributed by atoms with Crippen LogP contribution < -0.4 is 19.6 Å². The Bertz CT molecular complexity index is 1450. The summed E-state index contributed by atoms with van der Waals surface area (Å²) in [5, 5.41) is 0. The van der Waals surface area contributed by atoms with Crippen LogP contribution in [0.1, 0.15) is 63.3 Å². The number of fused-ring (bicyclic) bond motifs is 1. The molecule has 1 atom stereocenters. The second kappa shape index (κ2) is 10.4. The molecule has 2 heterocycles. The number of ether oxygens (including phenoxy) is 2. The molecule has 0 saturated carbocycles. The van der Waals surface area contributed by atoms with Gasteiger partial charge in [-0.25, -0.2) is 9.79 Å². The van der Waals surface area contributed by atoms with E-state index in [-0.39, 0.29) is 12.2 Å². The minimum Gasteiger partial charge on any atom is -0.493 e. The van der Waals surface area contributed by atoms with Crippen LogP contribution in [0.3, 0.4) is 0 Å². The predicted octanol–water partition coefficient (Wildman–Crippen LogP) is 4.32. The van der Waals surface area contributed by atoms with Crippen LogP contribution in [0.25, 0.3) is 6.08 Å². The normalized spacial score (nSPS) is 15.7. The van der Waals surface area contributed by atoms with Crippen LogP contribution in [0.2, 0.25) is 0 Å². The van der Waals surface area contributed by atoms with Crippen molar-refractivity contribution in [3.8, 4) is 5.75 Å². The Kier molecular flexibility index (Phi) is 7.36. The number of nitrogens with zero attached hydrogens (tertiary/aromatic N) is 2.